The predicted octanol–water partition coefficient (Wildman–Crippen LogP) is 3.18. The SMILES string of the molecule is COc1cccc(Nc2cc(-c3ccncc3)nc3c2C(=O)NCC3)c1. The van der Waals surface area contributed by atoms with Crippen molar-refractivity contribution >= 4 is 17.3 Å². The fourth-order valence-corrected chi connectivity index (χ4v) is 3.04. The molecule has 0 unspecified atom stereocenters. The van der Waals surface area contributed by atoms with Gasteiger partial charge in [0.05, 0.1) is 29.7 Å². The number of methoxy groups -OCH3 is 1. The Morgan fingerprint density at radius 1 is 1.15 bits per heavy atom. The molecule has 0 aliphatic carbocycles. The van der Waals surface area contributed by atoms with Crippen LogP contribution in [0.25, 0.3) is 11.3 Å². The van der Waals surface area contributed by atoms with E-state index < -0.39 is 0 Å². The van der Waals surface area contributed by atoms with Crippen LogP contribution in [0.5, 0.6) is 5.75 Å². The van der Waals surface area contributed by atoms with E-state index in [1.54, 1.807) is 19.5 Å². The summed E-state index contributed by atoms with van der Waals surface area (Å²) in [5, 5.41) is 6.24. The highest BCUT2D eigenvalue weighted by Crippen LogP contribution is 2.31. The van der Waals surface area contributed by atoms with Gasteiger partial charge in [-0.15, -0.1) is 0 Å². The van der Waals surface area contributed by atoms with Crippen molar-refractivity contribution in [3.05, 3.63) is 66.1 Å². The van der Waals surface area contributed by atoms with E-state index in [0.29, 0.717) is 18.5 Å². The smallest absolute Gasteiger partial charge is 0.255 e. The van der Waals surface area contributed by atoms with Gasteiger partial charge in [0.1, 0.15) is 5.75 Å². The third kappa shape index (κ3) is 3.09. The predicted molar refractivity (Wildman–Crippen MR) is 99.8 cm³/mol. The van der Waals surface area contributed by atoms with Crippen molar-refractivity contribution in [3.63, 3.8) is 0 Å². The highest BCUT2D eigenvalue weighted by atomic mass is 16.5. The molecule has 130 valence electrons. The van der Waals surface area contributed by atoms with E-state index in [-0.39, 0.29) is 5.91 Å². The number of ether oxygens (including phenoxy) is 1. The zero-order valence-corrected chi connectivity index (χ0v) is 14.3. The second kappa shape index (κ2) is 6.84. The number of amides is 1. The van der Waals surface area contributed by atoms with Gasteiger partial charge in [-0.25, -0.2) is 0 Å². The second-order valence-electron chi connectivity index (χ2n) is 5.98. The van der Waals surface area contributed by atoms with Crippen LogP contribution in [0.15, 0.2) is 54.9 Å². The first-order valence-corrected chi connectivity index (χ1v) is 8.38. The number of nitrogens with one attached hydrogen (secondary N) is 2. The Kier molecular flexibility index (Phi) is 4.23. The molecule has 4 rings (SSSR count). The number of rotatable bonds is 4. The summed E-state index contributed by atoms with van der Waals surface area (Å²) in [5.41, 5.74) is 4.74. The average molecular weight is 346 g/mol. The quantitative estimate of drug-likeness (QED) is 0.759. The third-order valence-electron chi connectivity index (χ3n) is 4.29. The Morgan fingerprint density at radius 3 is 2.81 bits per heavy atom. The van der Waals surface area contributed by atoms with Crippen molar-refractivity contribution in [1.82, 2.24) is 15.3 Å². The van der Waals surface area contributed by atoms with Gasteiger partial charge in [0.15, 0.2) is 0 Å². The van der Waals surface area contributed by atoms with E-state index in [2.05, 4.69) is 15.6 Å². The van der Waals surface area contributed by atoms with Gasteiger partial charge < -0.3 is 15.4 Å². The molecule has 0 saturated carbocycles. The molecule has 1 amide bonds. The maximum atomic E-state index is 12.4. The Labute approximate surface area is 151 Å². The van der Waals surface area contributed by atoms with Crippen molar-refractivity contribution < 1.29 is 9.53 Å². The summed E-state index contributed by atoms with van der Waals surface area (Å²) in [6.07, 6.45) is 4.17. The lowest BCUT2D eigenvalue weighted by atomic mass is 10.0. The van der Waals surface area contributed by atoms with E-state index in [1.807, 2.05) is 42.5 Å². The zero-order chi connectivity index (χ0) is 17.9. The minimum absolute atomic E-state index is 0.106. The van der Waals surface area contributed by atoms with Gasteiger partial charge in [0.2, 0.25) is 0 Å². The van der Waals surface area contributed by atoms with Crippen LogP contribution >= 0.6 is 0 Å². The largest absolute Gasteiger partial charge is 0.497 e. The fraction of sp³-hybridized carbons (Fsp3) is 0.150. The molecule has 1 aliphatic rings. The minimum atomic E-state index is -0.106. The summed E-state index contributed by atoms with van der Waals surface area (Å²) in [7, 11) is 1.63. The van der Waals surface area contributed by atoms with Crippen LogP contribution in [0.4, 0.5) is 11.4 Å². The van der Waals surface area contributed by atoms with Crippen molar-refractivity contribution in [3.8, 4) is 17.0 Å². The summed E-state index contributed by atoms with van der Waals surface area (Å²) >= 11 is 0. The Bertz CT molecular complexity index is 957. The van der Waals surface area contributed by atoms with Gasteiger partial charge in [0, 0.05) is 42.7 Å². The van der Waals surface area contributed by atoms with Gasteiger partial charge in [0.25, 0.3) is 5.91 Å². The minimum Gasteiger partial charge on any atom is -0.497 e. The summed E-state index contributed by atoms with van der Waals surface area (Å²) in [5.74, 6) is 0.641. The van der Waals surface area contributed by atoms with Crippen LogP contribution in [0.1, 0.15) is 16.1 Å². The average Bonchev–Trinajstić information content (AvgIpc) is 2.68. The molecule has 0 fully saturated rings. The first-order chi connectivity index (χ1) is 12.7. The summed E-state index contributed by atoms with van der Waals surface area (Å²) in [6.45, 7) is 0.594. The van der Waals surface area contributed by atoms with Crippen LogP contribution in [0.3, 0.4) is 0 Å². The molecule has 6 heteroatoms. The Hall–Kier alpha value is -3.41. The first kappa shape index (κ1) is 16.1. The number of carbonyl (C=O) groups is 1. The summed E-state index contributed by atoms with van der Waals surface area (Å²) in [4.78, 5) is 21.2. The fourth-order valence-electron chi connectivity index (χ4n) is 3.04. The Morgan fingerprint density at radius 2 is 2.00 bits per heavy atom. The maximum Gasteiger partial charge on any atom is 0.255 e. The lowest BCUT2D eigenvalue weighted by Gasteiger charge is -2.21. The molecule has 26 heavy (non-hydrogen) atoms. The number of carbonyl (C=O) groups excluding carboxylic acids is 1. The highest BCUT2D eigenvalue weighted by molar-refractivity contribution is 6.02. The molecular formula is C20H18N4O2. The lowest BCUT2D eigenvalue weighted by molar-refractivity contribution is 0.0946. The van der Waals surface area contributed by atoms with Crippen LogP contribution in [-0.2, 0) is 6.42 Å². The number of pyridine rings is 2. The van der Waals surface area contributed by atoms with Gasteiger partial charge in [-0.2, -0.15) is 0 Å². The van der Waals surface area contributed by atoms with Crippen LogP contribution in [-0.4, -0.2) is 29.5 Å². The number of hydrogen-bond acceptors (Lipinski definition) is 5. The van der Waals surface area contributed by atoms with Crippen molar-refractivity contribution in [2.75, 3.05) is 19.0 Å². The number of anilines is 2. The normalized spacial score (nSPS) is 12.9. The molecule has 0 saturated heterocycles. The van der Waals surface area contributed by atoms with Crippen molar-refractivity contribution in [2.24, 2.45) is 0 Å². The number of nitrogens with zero attached hydrogens (tertiary/aromatic N) is 2. The van der Waals surface area contributed by atoms with Gasteiger partial charge in [-0.3, -0.25) is 14.8 Å². The van der Waals surface area contributed by atoms with E-state index in [9.17, 15) is 4.79 Å². The van der Waals surface area contributed by atoms with E-state index >= 15 is 0 Å². The van der Waals surface area contributed by atoms with E-state index in [1.165, 1.54) is 0 Å². The standard InChI is InChI=1S/C20H18N4O2/c1-26-15-4-2-3-14(11-15)23-18-12-17(13-5-8-21-9-6-13)24-16-7-10-22-20(25)19(16)18/h2-6,8-9,11-12H,7,10H2,1H3,(H,22,25)(H,23,24). The van der Waals surface area contributed by atoms with Gasteiger partial charge >= 0.3 is 0 Å². The van der Waals surface area contributed by atoms with Crippen molar-refractivity contribution in [2.45, 2.75) is 6.42 Å². The molecular weight excluding hydrogens is 328 g/mol. The number of fused-ring (bicyclic) bond motifs is 1. The molecule has 2 aromatic heterocycles. The second-order valence-corrected chi connectivity index (χ2v) is 5.98. The van der Waals surface area contributed by atoms with E-state index in [4.69, 9.17) is 9.72 Å². The molecule has 1 aliphatic heterocycles. The molecule has 0 bridgehead atoms. The van der Waals surface area contributed by atoms with Crippen LogP contribution in [0.2, 0.25) is 0 Å². The molecule has 3 heterocycles. The molecule has 6 nitrogen and oxygen atoms in total. The van der Waals surface area contributed by atoms with Crippen LogP contribution in [0, 0.1) is 0 Å². The molecule has 2 N–H and O–H groups in total. The van der Waals surface area contributed by atoms with Crippen molar-refractivity contribution in [1.29, 1.82) is 0 Å². The monoisotopic (exact) mass is 346 g/mol. The van der Waals surface area contributed by atoms with Crippen LogP contribution < -0.4 is 15.4 Å². The third-order valence-corrected chi connectivity index (χ3v) is 4.29. The highest BCUT2D eigenvalue weighted by Gasteiger charge is 2.23. The summed E-state index contributed by atoms with van der Waals surface area (Å²) in [6, 6.07) is 13.3. The number of benzene rings is 1. The van der Waals surface area contributed by atoms with E-state index in [0.717, 1.165) is 34.1 Å². The molecule has 1 aromatic carbocycles. The summed E-state index contributed by atoms with van der Waals surface area (Å²) < 4.78 is 5.28. The lowest BCUT2D eigenvalue weighted by Crippen LogP contribution is -2.33. The molecule has 3 aromatic rings. The number of hydrogen-bond donors (Lipinski definition) is 2. The number of aromatic nitrogens is 2. The molecule has 0 atom stereocenters. The topological polar surface area (TPSA) is 76.1 Å². The zero-order valence-electron chi connectivity index (χ0n) is 14.3. The molecule has 0 radical (unpaired) electrons. The van der Waals surface area contributed by atoms with Gasteiger partial charge in [-0.05, 0) is 30.3 Å². The molecule has 0 spiro atoms. The first-order valence-electron chi connectivity index (χ1n) is 8.38. The maximum absolute atomic E-state index is 12.4. The van der Waals surface area contributed by atoms with Gasteiger partial charge in [-0.1, -0.05) is 6.07 Å². The Balaban J connectivity index is 1.82.